The predicted molar refractivity (Wildman–Crippen MR) is 108 cm³/mol. The van der Waals surface area contributed by atoms with Crippen LogP contribution in [-0.4, -0.2) is 70.8 Å². The molecule has 0 bridgehead atoms. The van der Waals surface area contributed by atoms with Crippen LogP contribution in [0.5, 0.6) is 0 Å². The smallest absolute Gasteiger partial charge is 0.232 e. The highest BCUT2D eigenvalue weighted by atomic mass is 32.2. The molecule has 1 N–H and O–H groups in total. The highest BCUT2D eigenvalue weighted by Crippen LogP contribution is 2.24. The van der Waals surface area contributed by atoms with E-state index in [1.54, 1.807) is 24.2 Å². The van der Waals surface area contributed by atoms with Gasteiger partial charge in [0.05, 0.1) is 11.7 Å². The van der Waals surface area contributed by atoms with E-state index in [1.807, 2.05) is 23.3 Å². The number of thioether (sulfide) groups is 1. The molecule has 0 saturated carbocycles. The predicted octanol–water partition coefficient (Wildman–Crippen LogP) is 1.76. The highest BCUT2D eigenvalue weighted by molar-refractivity contribution is 7.99. The first-order chi connectivity index (χ1) is 13.2. The highest BCUT2D eigenvalue weighted by Gasteiger charge is 2.32. The van der Waals surface area contributed by atoms with Gasteiger partial charge in [-0.3, -0.25) is 19.5 Å². The third-order valence-electron chi connectivity index (χ3n) is 5.61. The van der Waals surface area contributed by atoms with Gasteiger partial charge in [0.1, 0.15) is 0 Å². The Bertz CT molecular complexity index is 620. The van der Waals surface area contributed by atoms with Gasteiger partial charge in [0.15, 0.2) is 0 Å². The molecule has 7 heteroatoms. The largest absolute Gasteiger partial charge is 0.352 e. The van der Waals surface area contributed by atoms with Gasteiger partial charge in [-0.25, -0.2) is 0 Å². The summed E-state index contributed by atoms with van der Waals surface area (Å²) in [5.41, 5.74) is 1.03. The zero-order valence-electron chi connectivity index (χ0n) is 16.1. The standard InChI is InChI=1S/C20H30N4O2S/c1-27-15-19(25)23-10-6-18(7-11-23)24-9-3-5-17(14-24)20(26)22-13-16-4-2-8-21-12-16/h2,4,8,12,17-18H,3,5-7,9-11,13-15H2,1H3,(H,22,26). The average molecular weight is 391 g/mol. The summed E-state index contributed by atoms with van der Waals surface area (Å²) in [5, 5.41) is 3.07. The molecular formula is C20H30N4O2S. The minimum Gasteiger partial charge on any atom is -0.352 e. The molecule has 2 aliphatic rings. The molecule has 27 heavy (non-hydrogen) atoms. The Morgan fingerprint density at radius 2 is 2.07 bits per heavy atom. The van der Waals surface area contributed by atoms with Crippen LogP contribution in [0, 0.1) is 5.92 Å². The molecule has 2 aliphatic heterocycles. The lowest BCUT2D eigenvalue weighted by Gasteiger charge is -2.42. The van der Waals surface area contributed by atoms with Crippen molar-refractivity contribution in [3.8, 4) is 0 Å². The third-order valence-corrected chi connectivity index (χ3v) is 6.15. The number of nitrogens with zero attached hydrogens (tertiary/aromatic N) is 3. The van der Waals surface area contributed by atoms with E-state index in [2.05, 4.69) is 15.2 Å². The van der Waals surface area contributed by atoms with Gasteiger partial charge in [0, 0.05) is 44.6 Å². The molecule has 0 aliphatic carbocycles. The number of likely N-dealkylation sites (tertiary alicyclic amines) is 2. The van der Waals surface area contributed by atoms with Crippen LogP contribution < -0.4 is 5.32 Å². The van der Waals surface area contributed by atoms with E-state index in [0.29, 0.717) is 18.3 Å². The summed E-state index contributed by atoms with van der Waals surface area (Å²) in [4.78, 5) is 33.2. The summed E-state index contributed by atoms with van der Waals surface area (Å²) in [6.07, 6.45) is 9.56. The van der Waals surface area contributed by atoms with Gasteiger partial charge in [-0.15, -0.1) is 0 Å². The zero-order valence-corrected chi connectivity index (χ0v) is 16.9. The van der Waals surface area contributed by atoms with Crippen molar-refractivity contribution in [1.29, 1.82) is 0 Å². The van der Waals surface area contributed by atoms with Crippen LogP contribution in [0.4, 0.5) is 0 Å². The zero-order chi connectivity index (χ0) is 19.1. The number of pyridine rings is 1. The van der Waals surface area contributed by atoms with Gasteiger partial charge < -0.3 is 10.2 Å². The number of hydrogen-bond donors (Lipinski definition) is 1. The van der Waals surface area contributed by atoms with Crippen LogP contribution in [0.1, 0.15) is 31.2 Å². The van der Waals surface area contributed by atoms with Crippen molar-refractivity contribution in [3.63, 3.8) is 0 Å². The molecule has 2 fully saturated rings. The Balaban J connectivity index is 1.45. The van der Waals surface area contributed by atoms with Crippen LogP contribution in [0.3, 0.4) is 0 Å². The van der Waals surface area contributed by atoms with Crippen molar-refractivity contribution < 1.29 is 9.59 Å². The first kappa shape index (κ1) is 20.1. The van der Waals surface area contributed by atoms with Crippen LogP contribution in [0.2, 0.25) is 0 Å². The molecule has 6 nitrogen and oxygen atoms in total. The Labute approximate surface area is 166 Å². The molecule has 0 spiro atoms. The Morgan fingerprint density at radius 1 is 1.26 bits per heavy atom. The number of carbonyl (C=O) groups excluding carboxylic acids is 2. The van der Waals surface area contributed by atoms with E-state index >= 15 is 0 Å². The van der Waals surface area contributed by atoms with Crippen molar-refractivity contribution in [2.45, 2.75) is 38.3 Å². The summed E-state index contributed by atoms with van der Waals surface area (Å²) in [6, 6.07) is 4.37. The van der Waals surface area contributed by atoms with Crippen molar-refractivity contribution >= 4 is 23.6 Å². The van der Waals surface area contributed by atoms with E-state index in [-0.39, 0.29) is 17.7 Å². The number of hydrogen-bond acceptors (Lipinski definition) is 5. The quantitative estimate of drug-likeness (QED) is 0.802. The van der Waals surface area contributed by atoms with Crippen molar-refractivity contribution in [2.24, 2.45) is 5.92 Å². The van der Waals surface area contributed by atoms with Crippen LogP contribution >= 0.6 is 11.8 Å². The first-order valence-corrected chi connectivity index (χ1v) is 11.2. The monoisotopic (exact) mass is 390 g/mol. The van der Waals surface area contributed by atoms with E-state index in [0.717, 1.165) is 57.4 Å². The number of carbonyl (C=O) groups is 2. The SMILES string of the molecule is CSCC(=O)N1CCC(N2CCCC(C(=O)NCc3cccnc3)C2)CC1. The molecule has 1 aromatic heterocycles. The summed E-state index contributed by atoms with van der Waals surface area (Å²) in [5.74, 6) is 1.04. The Hall–Kier alpha value is -1.60. The fraction of sp³-hybridized carbons (Fsp3) is 0.650. The minimum absolute atomic E-state index is 0.0616. The molecule has 0 aromatic carbocycles. The summed E-state index contributed by atoms with van der Waals surface area (Å²) < 4.78 is 0. The maximum absolute atomic E-state index is 12.6. The van der Waals surface area contributed by atoms with Crippen molar-refractivity contribution in [3.05, 3.63) is 30.1 Å². The van der Waals surface area contributed by atoms with E-state index < -0.39 is 0 Å². The van der Waals surface area contributed by atoms with Crippen LogP contribution in [0.25, 0.3) is 0 Å². The molecule has 1 atom stereocenters. The molecule has 3 heterocycles. The Morgan fingerprint density at radius 3 is 2.78 bits per heavy atom. The molecule has 0 radical (unpaired) electrons. The summed E-state index contributed by atoms with van der Waals surface area (Å²) in [6.45, 7) is 4.13. The normalized spacial score (nSPS) is 21.8. The lowest BCUT2D eigenvalue weighted by atomic mass is 9.93. The molecule has 148 valence electrons. The van der Waals surface area contributed by atoms with Gasteiger partial charge in [0.25, 0.3) is 0 Å². The number of amides is 2. The second kappa shape index (κ2) is 10.1. The molecule has 2 amide bonds. The van der Waals surface area contributed by atoms with Crippen LogP contribution in [-0.2, 0) is 16.1 Å². The van der Waals surface area contributed by atoms with E-state index in [9.17, 15) is 9.59 Å². The molecular weight excluding hydrogens is 360 g/mol. The molecule has 1 aromatic rings. The summed E-state index contributed by atoms with van der Waals surface area (Å²) in [7, 11) is 0. The number of nitrogens with one attached hydrogen (secondary N) is 1. The number of rotatable bonds is 6. The topological polar surface area (TPSA) is 65.5 Å². The van der Waals surface area contributed by atoms with Gasteiger partial charge in [-0.2, -0.15) is 11.8 Å². The fourth-order valence-corrected chi connectivity index (χ4v) is 4.51. The maximum Gasteiger partial charge on any atom is 0.232 e. The maximum atomic E-state index is 12.6. The van der Waals surface area contributed by atoms with Gasteiger partial charge in [-0.1, -0.05) is 6.07 Å². The van der Waals surface area contributed by atoms with Gasteiger partial charge in [-0.05, 0) is 50.1 Å². The minimum atomic E-state index is 0.0616. The number of piperidine rings is 2. The third kappa shape index (κ3) is 5.69. The van der Waals surface area contributed by atoms with Crippen molar-refractivity contribution in [2.75, 3.05) is 38.2 Å². The van der Waals surface area contributed by atoms with E-state index in [1.165, 1.54) is 0 Å². The second-order valence-corrected chi connectivity index (χ2v) is 8.32. The second-order valence-electron chi connectivity index (χ2n) is 7.46. The van der Waals surface area contributed by atoms with Crippen molar-refractivity contribution in [1.82, 2.24) is 20.1 Å². The van der Waals surface area contributed by atoms with Crippen LogP contribution in [0.15, 0.2) is 24.5 Å². The van der Waals surface area contributed by atoms with Gasteiger partial charge in [0.2, 0.25) is 11.8 Å². The molecule has 3 rings (SSSR count). The molecule has 1 unspecified atom stereocenters. The lowest BCUT2D eigenvalue weighted by Crippen LogP contribution is -2.51. The van der Waals surface area contributed by atoms with Gasteiger partial charge >= 0.3 is 0 Å². The average Bonchev–Trinajstić information content (AvgIpc) is 2.73. The Kier molecular flexibility index (Phi) is 7.52. The number of aromatic nitrogens is 1. The summed E-state index contributed by atoms with van der Waals surface area (Å²) >= 11 is 1.59. The first-order valence-electron chi connectivity index (χ1n) is 9.84. The fourth-order valence-electron chi connectivity index (χ4n) is 4.08. The lowest BCUT2D eigenvalue weighted by molar-refractivity contribution is -0.130. The molecule has 2 saturated heterocycles. The van der Waals surface area contributed by atoms with E-state index in [4.69, 9.17) is 0 Å².